The highest BCUT2D eigenvalue weighted by Crippen LogP contribution is 2.37. The van der Waals surface area contributed by atoms with E-state index in [1.165, 1.54) is 19.3 Å². The fourth-order valence-electron chi connectivity index (χ4n) is 2.09. The number of esters is 1. The van der Waals surface area contributed by atoms with Gasteiger partial charge in [-0.25, -0.2) is 4.79 Å². The second kappa shape index (κ2) is 10.1. The van der Waals surface area contributed by atoms with Gasteiger partial charge in [0.2, 0.25) is 0 Å². The lowest BCUT2D eigenvalue weighted by Gasteiger charge is -2.14. The molecule has 0 aliphatic carbocycles. The van der Waals surface area contributed by atoms with Crippen LogP contribution in [0.4, 0.5) is 0 Å². The second-order valence-corrected chi connectivity index (χ2v) is 6.45. The van der Waals surface area contributed by atoms with Crippen molar-refractivity contribution in [3.8, 4) is 23.8 Å². The molecule has 0 aliphatic rings. The quantitative estimate of drug-likeness (QED) is 0.337. The number of hydrogen-bond donors (Lipinski definition) is 0. The summed E-state index contributed by atoms with van der Waals surface area (Å²) in [5, 5.41) is 1.34. The molecule has 0 radical (unpaired) electrons. The molecule has 0 N–H and O–H groups in total. The molecule has 27 heavy (non-hydrogen) atoms. The van der Waals surface area contributed by atoms with Gasteiger partial charge in [-0.3, -0.25) is 0 Å². The summed E-state index contributed by atoms with van der Waals surface area (Å²) in [7, 11) is 1.49. The molecule has 0 fully saturated rings. The molecule has 2 aromatic carbocycles. The highest BCUT2D eigenvalue weighted by Gasteiger charge is 2.13. The van der Waals surface area contributed by atoms with E-state index in [-0.39, 0.29) is 13.2 Å². The number of rotatable bonds is 7. The predicted octanol–water partition coefficient (Wildman–Crippen LogP) is 5.42. The maximum absolute atomic E-state index is 11.5. The van der Waals surface area contributed by atoms with E-state index < -0.39 is 5.97 Å². The summed E-state index contributed by atoms with van der Waals surface area (Å²) in [6, 6.07) is 8.43. The van der Waals surface area contributed by atoms with Crippen LogP contribution in [0.2, 0.25) is 15.1 Å². The van der Waals surface area contributed by atoms with Gasteiger partial charge in [-0.1, -0.05) is 46.8 Å². The molecule has 0 unspecified atom stereocenters. The standard InChI is InChI=1S/C20H15Cl3O4/c1-3-8-26-19(24)7-4-13-9-17(23)20(18(10-13)25-2)27-12-14-5-6-15(21)11-16(14)22/h1,4-7,9-11H,8,12H2,2H3/b7-4+. The molecule has 0 saturated carbocycles. The van der Waals surface area contributed by atoms with Gasteiger partial charge >= 0.3 is 5.97 Å². The fraction of sp³-hybridized carbons (Fsp3) is 0.150. The van der Waals surface area contributed by atoms with E-state index in [2.05, 4.69) is 5.92 Å². The number of methoxy groups -OCH3 is 1. The lowest BCUT2D eigenvalue weighted by atomic mass is 10.2. The summed E-state index contributed by atoms with van der Waals surface area (Å²) in [6.45, 7) is 0.0902. The van der Waals surface area contributed by atoms with Gasteiger partial charge in [0.1, 0.15) is 6.61 Å². The smallest absolute Gasteiger partial charge is 0.331 e. The first kappa shape index (κ1) is 21.0. The third-order valence-electron chi connectivity index (χ3n) is 3.35. The van der Waals surface area contributed by atoms with Gasteiger partial charge in [0, 0.05) is 21.7 Å². The van der Waals surface area contributed by atoms with Crippen molar-refractivity contribution in [2.75, 3.05) is 13.7 Å². The molecule has 0 aromatic heterocycles. The third-order valence-corrected chi connectivity index (χ3v) is 4.22. The van der Waals surface area contributed by atoms with Crippen molar-refractivity contribution in [2.45, 2.75) is 6.61 Å². The zero-order valence-electron chi connectivity index (χ0n) is 14.3. The summed E-state index contributed by atoms with van der Waals surface area (Å²) >= 11 is 18.3. The number of hydrogen-bond acceptors (Lipinski definition) is 4. The SMILES string of the molecule is C#CCOC(=O)/C=C/c1cc(Cl)c(OCc2ccc(Cl)cc2Cl)c(OC)c1. The Morgan fingerprint density at radius 2 is 1.96 bits per heavy atom. The van der Waals surface area contributed by atoms with E-state index in [4.69, 9.17) is 55.4 Å². The summed E-state index contributed by atoms with van der Waals surface area (Å²) < 4.78 is 15.9. The second-order valence-electron chi connectivity index (χ2n) is 5.20. The summed E-state index contributed by atoms with van der Waals surface area (Å²) in [4.78, 5) is 11.5. The van der Waals surface area contributed by atoms with Crippen molar-refractivity contribution in [1.29, 1.82) is 0 Å². The van der Waals surface area contributed by atoms with Gasteiger partial charge in [0.15, 0.2) is 18.1 Å². The van der Waals surface area contributed by atoms with Gasteiger partial charge in [-0.05, 0) is 35.9 Å². The molecule has 2 rings (SSSR count). The van der Waals surface area contributed by atoms with Gasteiger partial charge < -0.3 is 14.2 Å². The maximum Gasteiger partial charge on any atom is 0.331 e. The van der Waals surface area contributed by atoms with E-state index in [1.807, 2.05) is 0 Å². The lowest BCUT2D eigenvalue weighted by Crippen LogP contribution is -2.01. The monoisotopic (exact) mass is 424 g/mol. The van der Waals surface area contributed by atoms with Crippen molar-refractivity contribution >= 4 is 46.8 Å². The van der Waals surface area contributed by atoms with E-state index in [9.17, 15) is 4.79 Å². The third kappa shape index (κ3) is 6.11. The maximum atomic E-state index is 11.5. The predicted molar refractivity (Wildman–Crippen MR) is 108 cm³/mol. The first-order chi connectivity index (χ1) is 12.9. The molecule has 0 aliphatic heterocycles. The minimum atomic E-state index is -0.555. The molecule has 0 atom stereocenters. The fourth-order valence-corrected chi connectivity index (χ4v) is 2.83. The average Bonchev–Trinajstić information content (AvgIpc) is 2.64. The molecule has 7 heteroatoms. The van der Waals surface area contributed by atoms with E-state index >= 15 is 0 Å². The average molecular weight is 426 g/mol. The highest BCUT2D eigenvalue weighted by molar-refractivity contribution is 6.35. The minimum absolute atomic E-state index is 0.0900. The Kier molecular flexibility index (Phi) is 7.87. The van der Waals surface area contributed by atoms with E-state index in [1.54, 1.807) is 30.3 Å². The Labute approximate surface area is 172 Å². The van der Waals surface area contributed by atoms with Crippen molar-refractivity contribution in [3.63, 3.8) is 0 Å². The number of halogens is 3. The van der Waals surface area contributed by atoms with Crippen LogP contribution in [0.15, 0.2) is 36.4 Å². The Balaban J connectivity index is 2.17. The lowest BCUT2D eigenvalue weighted by molar-refractivity contribution is -0.136. The summed E-state index contributed by atoms with van der Waals surface area (Å²) in [6.07, 6.45) is 7.81. The van der Waals surface area contributed by atoms with Gasteiger partial charge in [-0.15, -0.1) is 6.42 Å². The zero-order chi connectivity index (χ0) is 19.8. The highest BCUT2D eigenvalue weighted by atomic mass is 35.5. The summed E-state index contributed by atoms with van der Waals surface area (Å²) in [5.41, 5.74) is 1.38. The normalized spacial score (nSPS) is 10.5. The number of terminal acetylenes is 1. The van der Waals surface area contributed by atoms with E-state index in [0.717, 1.165) is 5.56 Å². The summed E-state index contributed by atoms with van der Waals surface area (Å²) in [5.74, 6) is 2.43. The number of carbonyl (C=O) groups excluding carboxylic acids is 1. The zero-order valence-corrected chi connectivity index (χ0v) is 16.6. The molecule has 2 aromatic rings. The van der Waals surface area contributed by atoms with Crippen LogP contribution in [0.5, 0.6) is 11.5 Å². The first-order valence-corrected chi connectivity index (χ1v) is 8.80. The number of ether oxygens (including phenoxy) is 3. The molecule has 0 amide bonds. The number of carbonyl (C=O) groups is 1. The van der Waals surface area contributed by atoms with Crippen LogP contribution in [0, 0.1) is 12.3 Å². The topological polar surface area (TPSA) is 44.8 Å². The van der Waals surface area contributed by atoms with Crippen molar-refractivity contribution in [3.05, 3.63) is 62.6 Å². The van der Waals surface area contributed by atoms with Crippen LogP contribution in [0.25, 0.3) is 6.08 Å². The Bertz CT molecular complexity index is 901. The van der Waals surface area contributed by atoms with Crippen molar-refractivity contribution in [1.82, 2.24) is 0 Å². The van der Waals surface area contributed by atoms with Crippen molar-refractivity contribution < 1.29 is 19.0 Å². The molecule has 0 spiro atoms. The molecule has 0 heterocycles. The molecule has 140 valence electrons. The van der Waals surface area contributed by atoms with E-state index in [0.29, 0.717) is 32.1 Å². The molecule has 0 bridgehead atoms. The van der Waals surface area contributed by atoms with Crippen LogP contribution in [0.3, 0.4) is 0 Å². The van der Waals surface area contributed by atoms with Crippen LogP contribution in [-0.2, 0) is 16.1 Å². The Morgan fingerprint density at radius 1 is 1.19 bits per heavy atom. The molecule has 0 saturated heterocycles. The van der Waals surface area contributed by atoms with Gasteiger partial charge in [-0.2, -0.15) is 0 Å². The molecule has 4 nitrogen and oxygen atoms in total. The minimum Gasteiger partial charge on any atom is -0.493 e. The van der Waals surface area contributed by atoms with Crippen LogP contribution in [0.1, 0.15) is 11.1 Å². The first-order valence-electron chi connectivity index (χ1n) is 7.67. The molecular weight excluding hydrogens is 411 g/mol. The van der Waals surface area contributed by atoms with Gasteiger partial charge in [0.05, 0.1) is 12.1 Å². The Hall–Kier alpha value is -2.32. The number of benzene rings is 2. The van der Waals surface area contributed by atoms with Crippen LogP contribution >= 0.6 is 34.8 Å². The largest absolute Gasteiger partial charge is 0.493 e. The van der Waals surface area contributed by atoms with Crippen LogP contribution in [-0.4, -0.2) is 19.7 Å². The van der Waals surface area contributed by atoms with Gasteiger partial charge in [0.25, 0.3) is 0 Å². The van der Waals surface area contributed by atoms with Crippen LogP contribution < -0.4 is 9.47 Å². The van der Waals surface area contributed by atoms with Crippen molar-refractivity contribution in [2.24, 2.45) is 0 Å². The Morgan fingerprint density at radius 3 is 2.63 bits per heavy atom. The molecular formula is C20H15Cl3O4.